The van der Waals surface area contributed by atoms with Gasteiger partial charge < -0.3 is 24.0 Å². The molecule has 0 saturated carbocycles. The smallest absolute Gasteiger partial charge is 0.278 e. The Bertz CT molecular complexity index is 937. The number of carbonyl (C=O) groups is 2. The van der Waals surface area contributed by atoms with Gasteiger partial charge in [0.2, 0.25) is 11.8 Å². The summed E-state index contributed by atoms with van der Waals surface area (Å²) in [5.41, 5.74) is 0.743. The van der Waals surface area contributed by atoms with Crippen LogP contribution in [0, 0.1) is 5.92 Å². The Morgan fingerprint density at radius 3 is 2.67 bits per heavy atom. The van der Waals surface area contributed by atoms with Crippen LogP contribution in [0.15, 0.2) is 36.7 Å². The molecular weight excluding hydrogens is 388 g/mol. The third-order valence-electron chi connectivity index (χ3n) is 5.40. The molecule has 0 N–H and O–H groups in total. The Balaban J connectivity index is 1.37. The number of ether oxygens (including phenoxy) is 3. The number of hydrogen-bond acceptors (Lipinski definition) is 7. The quantitative estimate of drug-likeness (QED) is 0.710. The van der Waals surface area contributed by atoms with Crippen LogP contribution in [0.25, 0.3) is 0 Å². The minimum absolute atomic E-state index is 0.0223. The highest BCUT2D eigenvalue weighted by Crippen LogP contribution is 2.30. The van der Waals surface area contributed by atoms with Gasteiger partial charge in [-0.1, -0.05) is 6.07 Å². The number of hydrogen-bond donors (Lipinski definition) is 0. The standard InChI is InChI=1S/C21H24N4O5/c1-28-16-5-3-4-15(11-16)25-12-14(10-18(25)26)21(27)24-9-6-17(13-24)30-20-19(29-2)22-7-8-23-20/h3-5,7-8,11,14,17H,6,9-10,12-13H2,1-2H3. The van der Waals surface area contributed by atoms with Crippen molar-refractivity contribution in [3.8, 4) is 17.5 Å². The lowest BCUT2D eigenvalue weighted by Gasteiger charge is -2.21. The first-order chi connectivity index (χ1) is 14.6. The van der Waals surface area contributed by atoms with Gasteiger partial charge >= 0.3 is 0 Å². The Kier molecular flexibility index (Phi) is 5.69. The van der Waals surface area contributed by atoms with Crippen molar-refractivity contribution in [1.29, 1.82) is 0 Å². The molecule has 2 unspecified atom stereocenters. The van der Waals surface area contributed by atoms with Gasteiger partial charge in [-0.15, -0.1) is 0 Å². The zero-order chi connectivity index (χ0) is 21.1. The number of anilines is 1. The van der Waals surface area contributed by atoms with E-state index in [4.69, 9.17) is 14.2 Å². The van der Waals surface area contributed by atoms with E-state index in [0.717, 1.165) is 5.69 Å². The van der Waals surface area contributed by atoms with E-state index in [-0.39, 0.29) is 30.3 Å². The molecule has 0 radical (unpaired) electrons. The molecule has 2 amide bonds. The van der Waals surface area contributed by atoms with Crippen molar-refractivity contribution in [2.24, 2.45) is 5.92 Å². The number of benzene rings is 1. The number of aromatic nitrogens is 2. The average Bonchev–Trinajstić information content (AvgIpc) is 3.40. The van der Waals surface area contributed by atoms with Gasteiger partial charge in [0, 0.05) is 50.1 Å². The number of likely N-dealkylation sites (tertiary alicyclic amines) is 1. The van der Waals surface area contributed by atoms with Gasteiger partial charge in [0.1, 0.15) is 11.9 Å². The summed E-state index contributed by atoms with van der Waals surface area (Å²) >= 11 is 0. The van der Waals surface area contributed by atoms with Gasteiger partial charge in [0.05, 0.1) is 26.7 Å². The average molecular weight is 412 g/mol. The normalized spacial score (nSPS) is 21.1. The molecule has 2 saturated heterocycles. The first kappa shape index (κ1) is 19.9. The van der Waals surface area contributed by atoms with Gasteiger partial charge in [0.15, 0.2) is 0 Å². The summed E-state index contributed by atoms with van der Waals surface area (Å²) in [6.45, 7) is 1.39. The SMILES string of the molecule is COc1cccc(N2CC(C(=O)N3CCC(Oc4nccnc4OC)C3)CC2=O)c1. The Hall–Kier alpha value is -3.36. The van der Waals surface area contributed by atoms with Gasteiger partial charge in [-0.05, 0) is 12.1 Å². The molecule has 4 rings (SSSR count). The van der Waals surface area contributed by atoms with Crippen molar-refractivity contribution in [2.75, 3.05) is 38.8 Å². The van der Waals surface area contributed by atoms with E-state index in [1.165, 1.54) is 19.5 Å². The number of amides is 2. The maximum atomic E-state index is 13.0. The molecule has 2 aliphatic heterocycles. The van der Waals surface area contributed by atoms with E-state index in [1.54, 1.807) is 23.0 Å². The number of carbonyl (C=O) groups excluding carboxylic acids is 2. The van der Waals surface area contributed by atoms with Crippen LogP contribution in [0.3, 0.4) is 0 Å². The molecule has 1 aromatic heterocycles. The van der Waals surface area contributed by atoms with Crippen LogP contribution < -0.4 is 19.1 Å². The number of rotatable bonds is 6. The van der Waals surface area contributed by atoms with Crippen molar-refractivity contribution >= 4 is 17.5 Å². The van der Waals surface area contributed by atoms with E-state index in [1.807, 2.05) is 18.2 Å². The monoisotopic (exact) mass is 412 g/mol. The molecule has 2 aliphatic rings. The van der Waals surface area contributed by atoms with Gasteiger partial charge in [0.25, 0.3) is 11.8 Å². The van der Waals surface area contributed by atoms with Crippen molar-refractivity contribution < 1.29 is 23.8 Å². The summed E-state index contributed by atoms with van der Waals surface area (Å²) in [6, 6.07) is 7.31. The first-order valence-corrected chi connectivity index (χ1v) is 9.84. The summed E-state index contributed by atoms with van der Waals surface area (Å²) in [6.07, 6.45) is 3.77. The van der Waals surface area contributed by atoms with E-state index >= 15 is 0 Å². The Morgan fingerprint density at radius 1 is 1.10 bits per heavy atom. The molecule has 3 heterocycles. The van der Waals surface area contributed by atoms with Gasteiger partial charge in [-0.2, -0.15) is 0 Å². The molecule has 2 fully saturated rings. The third-order valence-corrected chi connectivity index (χ3v) is 5.40. The van der Waals surface area contributed by atoms with Crippen molar-refractivity contribution in [3.63, 3.8) is 0 Å². The molecule has 0 spiro atoms. The second-order valence-electron chi connectivity index (χ2n) is 7.29. The molecule has 0 aliphatic carbocycles. The zero-order valence-corrected chi connectivity index (χ0v) is 17.0. The summed E-state index contributed by atoms with van der Waals surface area (Å²) in [5.74, 6) is 0.864. The lowest BCUT2D eigenvalue weighted by molar-refractivity contribution is -0.135. The molecule has 1 aromatic carbocycles. The minimum atomic E-state index is -0.367. The maximum absolute atomic E-state index is 13.0. The summed E-state index contributed by atoms with van der Waals surface area (Å²) in [5, 5.41) is 0. The fraction of sp³-hybridized carbons (Fsp3) is 0.429. The van der Waals surface area contributed by atoms with Crippen LogP contribution in [-0.4, -0.2) is 66.6 Å². The van der Waals surface area contributed by atoms with Crippen LogP contribution in [0.2, 0.25) is 0 Å². The predicted molar refractivity (Wildman–Crippen MR) is 108 cm³/mol. The number of nitrogens with zero attached hydrogens (tertiary/aromatic N) is 4. The van der Waals surface area contributed by atoms with Crippen molar-refractivity contribution in [1.82, 2.24) is 14.9 Å². The van der Waals surface area contributed by atoms with E-state index in [0.29, 0.717) is 43.6 Å². The Labute approximate surface area is 174 Å². The van der Waals surface area contributed by atoms with Crippen molar-refractivity contribution in [3.05, 3.63) is 36.7 Å². The molecule has 2 aromatic rings. The molecule has 158 valence electrons. The fourth-order valence-electron chi connectivity index (χ4n) is 3.87. The van der Waals surface area contributed by atoms with Crippen LogP contribution in [-0.2, 0) is 9.59 Å². The van der Waals surface area contributed by atoms with E-state index in [2.05, 4.69) is 9.97 Å². The highest BCUT2D eigenvalue weighted by Gasteiger charge is 2.39. The second kappa shape index (κ2) is 8.56. The fourth-order valence-corrected chi connectivity index (χ4v) is 3.87. The summed E-state index contributed by atoms with van der Waals surface area (Å²) in [4.78, 5) is 37.2. The number of methoxy groups -OCH3 is 2. The lowest BCUT2D eigenvalue weighted by Crippen LogP contribution is -2.37. The minimum Gasteiger partial charge on any atom is -0.497 e. The second-order valence-corrected chi connectivity index (χ2v) is 7.29. The molecule has 9 heteroatoms. The predicted octanol–water partition coefficient (Wildman–Crippen LogP) is 1.53. The van der Waals surface area contributed by atoms with Crippen LogP contribution >= 0.6 is 0 Å². The van der Waals surface area contributed by atoms with Crippen LogP contribution in [0.5, 0.6) is 17.5 Å². The molecule has 2 atom stereocenters. The van der Waals surface area contributed by atoms with Crippen molar-refractivity contribution in [2.45, 2.75) is 18.9 Å². The van der Waals surface area contributed by atoms with Gasteiger partial charge in [-0.3, -0.25) is 9.59 Å². The van der Waals surface area contributed by atoms with Crippen LogP contribution in [0.1, 0.15) is 12.8 Å². The lowest BCUT2D eigenvalue weighted by atomic mass is 10.1. The third kappa shape index (κ3) is 4.00. The Morgan fingerprint density at radius 2 is 1.90 bits per heavy atom. The van der Waals surface area contributed by atoms with Crippen LogP contribution in [0.4, 0.5) is 5.69 Å². The highest BCUT2D eigenvalue weighted by atomic mass is 16.5. The van der Waals surface area contributed by atoms with E-state index in [9.17, 15) is 9.59 Å². The topological polar surface area (TPSA) is 94.1 Å². The summed E-state index contributed by atoms with van der Waals surface area (Å²) < 4.78 is 16.3. The molecular formula is C21H24N4O5. The zero-order valence-electron chi connectivity index (χ0n) is 17.0. The first-order valence-electron chi connectivity index (χ1n) is 9.84. The highest BCUT2D eigenvalue weighted by molar-refractivity contribution is 6.00. The molecule has 0 bridgehead atoms. The molecule has 9 nitrogen and oxygen atoms in total. The largest absolute Gasteiger partial charge is 0.497 e. The maximum Gasteiger partial charge on any atom is 0.278 e. The van der Waals surface area contributed by atoms with Gasteiger partial charge in [-0.25, -0.2) is 9.97 Å². The molecule has 30 heavy (non-hydrogen) atoms. The summed E-state index contributed by atoms with van der Waals surface area (Å²) in [7, 11) is 3.09. The van der Waals surface area contributed by atoms with E-state index < -0.39 is 0 Å².